The van der Waals surface area contributed by atoms with Crippen molar-refractivity contribution in [3.8, 4) is 0 Å². The molecule has 0 aliphatic heterocycles. The van der Waals surface area contributed by atoms with Crippen molar-refractivity contribution in [1.82, 2.24) is 0 Å². The first-order valence-electron chi connectivity index (χ1n) is 11.0. The van der Waals surface area contributed by atoms with Crippen molar-refractivity contribution in [2.75, 3.05) is 0 Å². The quantitative estimate of drug-likeness (QED) is 0.710. The van der Waals surface area contributed by atoms with E-state index >= 15 is 0 Å². The summed E-state index contributed by atoms with van der Waals surface area (Å²) < 4.78 is 0. The smallest absolute Gasteiger partial charge is 0.120 e. The van der Waals surface area contributed by atoms with Gasteiger partial charge in [-0.25, -0.2) is 0 Å². The van der Waals surface area contributed by atoms with Gasteiger partial charge in [-0.05, 0) is 91.3 Å². The molecule has 4 saturated carbocycles. The minimum Gasteiger partial charge on any atom is -0.393 e. The Labute approximate surface area is 154 Å². The molecule has 0 amide bonds. The lowest BCUT2D eigenvalue weighted by Crippen LogP contribution is -2.58. The van der Waals surface area contributed by atoms with Crippen molar-refractivity contribution in [2.45, 2.75) is 91.1 Å². The lowest BCUT2D eigenvalue weighted by Gasteiger charge is -2.62. The predicted octanol–water partition coefficient (Wildman–Crippen LogP) is 5.23. The fourth-order valence-electron chi connectivity index (χ4n) is 8.54. The molecule has 0 radical (unpaired) electrons. The van der Waals surface area contributed by atoms with Gasteiger partial charge in [-0.1, -0.05) is 33.6 Å². The third-order valence-corrected chi connectivity index (χ3v) is 9.92. The van der Waals surface area contributed by atoms with Crippen molar-refractivity contribution < 1.29 is 9.90 Å². The molecule has 4 rings (SSSR count). The topological polar surface area (TPSA) is 37.3 Å². The Morgan fingerprint density at radius 2 is 1.88 bits per heavy atom. The summed E-state index contributed by atoms with van der Waals surface area (Å²) in [6.45, 7) is 7.20. The molecule has 9 atom stereocenters. The Bertz CT molecular complexity index is 516. The molecule has 4 aliphatic carbocycles. The van der Waals surface area contributed by atoms with Gasteiger partial charge in [0.15, 0.2) is 0 Å². The van der Waals surface area contributed by atoms with Crippen LogP contribution in [0.5, 0.6) is 0 Å². The van der Waals surface area contributed by atoms with Crippen molar-refractivity contribution in [1.29, 1.82) is 0 Å². The molecule has 0 spiro atoms. The van der Waals surface area contributed by atoms with Gasteiger partial charge in [0, 0.05) is 6.42 Å². The van der Waals surface area contributed by atoms with Crippen LogP contribution in [0.4, 0.5) is 0 Å². The van der Waals surface area contributed by atoms with Crippen molar-refractivity contribution >= 4 is 6.29 Å². The van der Waals surface area contributed by atoms with E-state index in [1.807, 2.05) is 0 Å². The molecule has 0 aromatic heterocycles. The van der Waals surface area contributed by atoms with Crippen LogP contribution in [0.1, 0.15) is 85.0 Å². The van der Waals surface area contributed by atoms with Crippen molar-refractivity contribution in [3.63, 3.8) is 0 Å². The Balaban J connectivity index is 1.63. The Morgan fingerprint density at radius 3 is 2.64 bits per heavy atom. The maximum atomic E-state index is 11.4. The highest BCUT2D eigenvalue weighted by molar-refractivity contribution is 5.49. The molecule has 4 fully saturated rings. The molecule has 0 aromatic carbocycles. The average Bonchev–Trinajstić information content (AvgIpc) is 2.94. The lowest BCUT2D eigenvalue weighted by molar-refractivity contribution is -0.168. The summed E-state index contributed by atoms with van der Waals surface area (Å²) in [5, 5.41) is 11.4. The molecule has 4 aliphatic rings. The second-order valence-corrected chi connectivity index (χ2v) is 10.6. The third-order valence-electron chi connectivity index (χ3n) is 9.92. The van der Waals surface area contributed by atoms with Crippen LogP contribution in [0, 0.1) is 46.3 Å². The fraction of sp³-hybridized carbons (Fsp3) is 0.957. The molecule has 25 heavy (non-hydrogen) atoms. The van der Waals surface area contributed by atoms with E-state index in [4.69, 9.17) is 0 Å². The number of fused-ring (bicyclic) bond motifs is 5. The number of aliphatic hydroxyl groups excluding tert-OH is 1. The van der Waals surface area contributed by atoms with E-state index in [2.05, 4.69) is 20.8 Å². The normalized spacial score (nSPS) is 53.4. The molecular formula is C23H38O2. The maximum absolute atomic E-state index is 11.4. The summed E-state index contributed by atoms with van der Waals surface area (Å²) >= 11 is 0. The molecule has 1 N–H and O–H groups in total. The SMILES string of the molecule is C[C@@H](CC=O)C1CCC2C3CCC4CCCC[C@@]4(C)C3C[C@@H](O)[C@]21C. The largest absolute Gasteiger partial charge is 0.393 e. The summed E-state index contributed by atoms with van der Waals surface area (Å²) in [5.41, 5.74) is 0.525. The van der Waals surface area contributed by atoms with E-state index in [-0.39, 0.29) is 11.5 Å². The van der Waals surface area contributed by atoms with Gasteiger partial charge in [0.2, 0.25) is 0 Å². The fourth-order valence-corrected chi connectivity index (χ4v) is 8.54. The molecule has 0 aromatic rings. The highest BCUT2D eigenvalue weighted by Gasteiger charge is 2.63. The highest BCUT2D eigenvalue weighted by Crippen LogP contribution is 2.68. The summed E-state index contributed by atoms with van der Waals surface area (Å²) in [5.74, 6) is 4.09. The van der Waals surface area contributed by atoms with Gasteiger partial charge in [-0.3, -0.25) is 0 Å². The van der Waals surface area contributed by atoms with E-state index in [0.29, 0.717) is 29.6 Å². The second-order valence-electron chi connectivity index (χ2n) is 10.6. The van der Waals surface area contributed by atoms with Crippen molar-refractivity contribution in [2.24, 2.45) is 46.3 Å². The second kappa shape index (κ2) is 6.36. The Kier molecular flexibility index (Phi) is 4.58. The minimum atomic E-state index is -0.169. The monoisotopic (exact) mass is 346 g/mol. The van der Waals surface area contributed by atoms with Crippen molar-refractivity contribution in [3.05, 3.63) is 0 Å². The minimum absolute atomic E-state index is 0.0431. The van der Waals surface area contributed by atoms with E-state index in [9.17, 15) is 9.90 Å². The number of carbonyl (C=O) groups is 1. The van der Waals surface area contributed by atoms with Crippen LogP contribution < -0.4 is 0 Å². The number of carbonyl (C=O) groups excluding carboxylic acids is 1. The summed E-state index contributed by atoms with van der Waals surface area (Å²) in [6.07, 6.45) is 13.6. The van der Waals surface area contributed by atoms with Gasteiger partial charge in [0.1, 0.15) is 6.29 Å². The van der Waals surface area contributed by atoms with Gasteiger partial charge < -0.3 is 9.90 Å². The number of aldehydes is 1. The third kappa shape index (κ3) is 2.49. The maximum Gasteiger partial charge on any atom is 0.120 e. The van der Waals surface area contributed by atoms with Crippen LogP contribution >= 0.6 is 0 Å². The molecule has 0 saturated heterocycles. The molecule has 2 nitrogen and oxygen atoms in total. The molecular weight excluding hydrogens is 308 g/mol. The summed E-state index contributed by atoms with van der Waals surface area (Å²) in [7, 11) is 0. The lowest BCUT2D eigenvalue weighted by atomic mass is 9.44. The van der Waals surface area contributed by atoms with Gasteiger partial charge in [0.05, 0.1) is 6.10 Å². The van der Waals surface area contributed by atoms with Crippen LogP contribution in [0.25, 0.3) is 0 Å². The van der Waals surface area contributed by atoms with Crippen LogP contribution in [-0.2, 0) is 4.79 Å². The molecule has 0 heterocycles. The van der Waals surface area contributed by atoms with E-state index < -0.39 is 0 Å². The molecule has 5 unspecified atom stereocenters. The first kappa shape index (κ1) is 18.0. The molecule has 2 heteroatoms. The summed E-state index contributed by atoms with van der Waals surface area (Å²) in [6, 6.07) is 0. The zero-order valence-electron chi connectivity index (χ0n) is 16.5. The van der Waals surface area contributed by atoms with Crippen LogP contribution in [-0.4, -0.2) is 17.5 Å². The van der Waals surface area contributed by atoms with Gasteiger partial charge in [-0.2, -0.15) is 0 Å². The number of hydrogen-bond donors (Lipinski definition) is 1. The van der Waals surface area contributed by atoms with Gasteiger partial charge in [-0.15, -0.1) is 0 Å². The van der Waals surface area contributed by atoms with Crippen LogP contribution in [0.15, 0.2) is 0 Å². The average molecular weight is 347 g/mol. The van der Waals surface area contributed by atoms with Crippen LogP contribution in [0.2, 0.25) is 0 Å². The first-order chi connectivity index (χ1) is 11.9. The predicted molar refractivity (Wildman–Crippen MR) is 101 cm³/mol. The number of rotatable bonds is 3. The van der Waals surface area contributed by atoms with Crippen LogP contribution in [0.3, 0.4) is 0 Å². The Morgan fingerprint density at radius 1 is 1.08 bits per heavy atom. The number of aliphatic hydroxyl groups is 1. The zero-order valence-corrected chi connectivity index (χ0v) is 16.5. The van der Waals surface area contributed by atoms with E-state index in [1.165, 1.54) is 51.4 Å². The van der Waals surface area contributed by atoms with Gasteiger partial charge in [0.25, 0.3) is 0 Å². The molecule has 0 bridgehead atoms. The first-order valence-corrected chi connectivity index (χ1v) is 11.0. The standard InChI is InChI=1S/C23H38O2/c1-15(11-13-24)18-9-10-19-17-8-7-16-6-4-5-12-22(16,2)20(17)14-21(25)23(18,19)3/h13,15-21,25H,4-12,14H2,1-3H3/t15-,16?,17?,18?,19?,20?,21+,22+,23-/m0/s1. The Hall–Kier alpha value is -0.370. The summed E-state index contributed by atoms with van der Waals surface area (Å²) in [4.78, 5) is 11.1. The number of hydrogen-bond acceptors (Lipinski definition) is 2. The zero-order chi connectivity index (χ0) is 17.8. The van der Waals surface area contributed by atoms with E-state index in [0.717, 1.165) is 30.5 Å². The van der Waals surface area contributed by atoms with Gasteiger partial charge >= 0.3 is 0 Å². The highest BCUT2D eigenvalue weighted by atomic mass is 16.3. The van der Waals surface area contributed by atoms with E-state index in [1.54, 1.807) is 0 Å². The molecule has 142 valence electrons.